The third-order valence-electron chi connectivity index (χ3n) is 3.01. The number of halogens is 1. The van der Waals surface area contributed by atoms with Crippen LogP contribution >= 0.6 is 11.6 Å². The Morgan fingerprint density at radius 2 is 1.64 bits per heavy atom. The second-order valence-electron chi connectivity index (χ2n) is 4.93. The summed E-state index contributed by atoms with van der Waals surface area (Å²) >= 11 is 5.80. The molecule has 0 bridgehead atoms. The largest absolute Gasteiger partial charge is 0.489 e. The van der Waals surface area contributed by atoms with Gasteiger partial charge in [0.25, 0.3) is 5.91 Å². The van der Waals surface area contributed by atoms with E-state index in [1.54, 1.807) is 53.8 Å². The summed E-state index contributed by atoms with van der Waals surface area (Å²) in [7, 11) is 0. The van der Waals surface area contributed by atoms with E-state index in [0.717, 1.165) is 5.56 Å². The van der Waals surface area contributed by atoms with Crippen LogP contribution in [0.2, 0.25) is 5.02 Å². The number of hydrogen-bond acceptors (Lipinski definition) is 5. The lowest BCUT2D eigenvalue weighted by molar-refractivity contribution is -0.123. The van der Waals surface area contributed by atoms with Crippen molar-refractivity contribution in [2.24, 2.45) is 5.73 Å². The molecule has 0 heterocycles. The maximum absolute atomic E-state index is 11.8. The Morgan fingerprint density at radius 1 is 1.00 bits per heavy atom. The summed E-state index contributed by atoms with van der Waals surface area (Å²) in [6.45, 7) is -0.277. The molecule has 3 N–H and O–H groups in total. The Bertz CT molecular complexity index is 760. The molecular formula is C17H15ClN2O5. The topological polar surface area (TPSA) is 108 Å². The van der Waals surface area contributed by atoms with Crippen molar-refractivity contribution in [1.82, 2.24) is 5.32 Å². The number of ether oxygens (including phenoxy) is 2. The predicted octanol–water partition coefficient (Wildman–Crippen LogP) is 2.27. The summed E-state index contributed by atoms with van der Waals surface area (Å²) in [5, 5.41) is 2.42. The molecule has 0 unspecified atom stereocenters. The molecule has 0 saturated carbocycles. The zero-order chi connectivity index (χ0) is 18.2. The number of carbonyl (C=O) groups excluding carboxylic acids is 3. The summed E-state index contributed by atoms with van der Waals surface area (Å²) in [6.07, 6.45) is 0. The van der Waals surface area contributed by atoms with Crippen molar-refractivity contribution >= 4 is 29.5 Å². The van der Waals surface area contributed by atoms with E-state index in [0.29, 0.717) is 17.4 Å². The van der Waals surface area contributed by atoms with Crippen molar-refractivity contribution in [3.8, 4) is 5.75 Å². The molecule has 0 aliphatic rings. The van der Waals surface area contributed by atoms with Gasteiger partial charge in [-0.25, -0.2) is 9.59 Å². The molecular weight excluding hydrogens is 348 g/mol. The van der Waals surface area contributed by atoms with E-state index >= 15 is 0 Å². The standard InChI is InChI=1S/C17H15ClN2O5/c18-13-5-7-14(8-6-13)24-9-11-1-3-12(4-2-11)16(22)25-10-15(21)20-17(19)23/h1-8H,9-10H2,(H3,19,20,21,23). The van der Waals surface area contributed by atoms with Crippen molar-refractivity contribution in [3.05, 3.63) is 64.7 Å². The van der Waals surface area contributed by atoms with Gasteiger partial charge in [-0.15, -0.1) is 0 Å². The highest BCUT2D eigenvalue weighted by Crippen LogP contribution is 2.17. The number of amides is 3. The van der Waals surface area contributed by atoms with Gasteiger partial charge < -0.3 is 15.2 Å². The van der Waals surface area contributed by atoms with Crippen LogP contribution in [0.15, 0.2) is 48.5 Å². The van der Waals surface area contributed by atoms with E-state index in [1.165, 1.54) is 0 Å². The third-order valence-corrected chi connectivity index (χ3v) is 3.26. The minimum Gasteiger partial charge on any atom is -0.489 e. The number of hydrogen-bond donors (Lipinski definition) is 2. The predicted molar refractivity (Wildman–Crippen MR) is 90.2 cm³/mol. The van der Waals surface area contributed by atoms with Crippen LogP contribution in [0.25, 0.3) is 0 Å². The van der Waals surface area contributed by atoms with Gasteiger partial charge in [-0.1, -0.05) is 23.7 Å². The molecule has 0 saturated heterocycles. The number of nitrogens with one attached hydrogen (secondary N) is 1. The van der Waals surface area contributed by atoms with Gasteiger partial charge in [0.1, 0.15) is 12.4 Å². The smallest absolute Gasteiger partial charge is 0.338 e. The molecule has 130 valence electrons. The van der Waals surface area contributed by atoms with Gasteiger partial charge >= 0.3 is 12.0 Å². The van der Waals surface area contributed by atoms with Crippen LogP contribution < -0.4 is 15.8 Å². The fraction of sp³-hybridized carbons (Fsp3) is 0.118. The zero-order valence-electron chi connectivity index (χ0n) is 13.0. The van der Waals surface area contributed by atoms with Crippen LogP contribution in [0.1, 0.15) is 15.9 Å². The summed E-state index contributed by atoms with van der Waals surface area (Å²) < 4.78 is 10.4. The minimum atomic E-state index is -1.01. The fourth-order valence-corrected chi connectivity index (χ4v) is 1.95. The average Bonchev–Trinajstić information content (AvgIpc) is 2.59. The highest BCUT2D eigenvalue weighted by molar-refractivity contribution is 6.30. The first-order chi connectivity index (χ1) is 11.9. The normalized spacial score (nSPS) is 9.96. The number of urea groups is 1. The molecule has 2 aromatic carbocycles. The number of imide groups is 1. The average molecular weight is 363 g/mol. The summed E-state index contributed by atoms with van der Waals surface area (Å²) in [6, 6.07) is 12.5. The Balaban J connectivity index is 1.84. The SMILES string of the molecule is NC(=O)NC(=O)COC(=O)c1ccc(COc2ccc(Cl)cc2)cc1. The number of rotatable bonds is 6. The Kier molecular flexibility index (Phi) is 6.36. The van der Waals surface area contributed by atoms with E-state index in [9.17, 15) is 14.4 Å². The van der Waals surface area contributed by atoms with Gasteiger partial charge in [0.2, 0.25) is 0 Å². The quantitative estimate of drug-likeness (QED) is 0.766. The Hall–Kier alpha value is -3.06. The molecule has 0 aliphatic carbocycles. The molecule has 0 aliphatic heterocycles. The molecule has 0 aromatic heterocycles. The minimum absolute atomic E-state index is 0.266. The molecule has 2 rings (SSSR count). The highest BCUT2D eigenvalue weighted by Gasteiger charge is 2.11. The van der Waals surface area contributed by atoms with Gasteiger partial charge in [-0.2, -0.15) is 0 Å². The zero-order valence-corrected chi connectivity index (χ0v) is 13.8. The maximum Gasteiger partial charge on any atom is 0.338 e. The summed E-state index contributed by atoms with van der Waals surface area (Å²) in [5.74, 6) is -0.813. The van der Waals surface area contributed by atoms with E-state index in [2.05, 4.69) is 0 Å². The van der Waals surface area contributed by atoms with Crippen molar-refractivity contribution in [1.29, 1.82) is 0 Å². The molecule has 2 aromatic rings. The lowest BCUT2D eigenvalue weighted by atomic mass is 10.1. The number of benzene rings is 2. The van der Waals surface area contributed by atoms with Gasteiger partial charge in [0.15, 0.2) is 6.61 Å². The van der Waals surface area contributed by atoms with Crippen molar-refractivity contribution in [3.63, 3.8) is 0 Å². The van der Waals surface area contributed by atoms with E-state index in [-0.39, 0.29) is 5.56 Å². The van der Waals surface area contributed by atoms with Crippen LogP contribution in [-0.4, -0.2) is 24.5 Å². The van der Waals surface area contributed by atoms with Gasteiger partial charge in [-0.05, 0) is 42.0 Å². The first-order valence-electron chi connectivity index (χ1n) is 7.18. The van der Waals surface area contributed by atoms with E-state index in [4.69, 9.17) is 26.8 Å². The molecule has 0 atom stereocenters. The molecule has 0 spiro atoms. The van der Waals surface area contributed by atoms with Crippen LogP contribution in [-0.2, 0) is 16.1 Å². The lowest BCUT2D eigenvalue weighted by Crippen LogP contribution is -2.37. The second-order valence-corrected chi connectivity index (χ2v) is 5.36. The van der Waals surface area contributed by atoms with Crippen LogP contribution in [0.5, 0.6) is 5.75 Å². The first-order valence-corrected chi connectivity index (χ1v) is 7.55. The van der Waals surface area contributed by atoms with Crippen LogP contribution in [0, 0.1) is 0 Å². The Morgan fingerprint density at radius 3 is 2.24 bits per heavy atom. The van der Waals surface area contributed by atoms with E-state index < -0.39 is 24.5 Å². The van der Waals surface area contributed by atoms with E-state index in [1.807, 2.05) is 0 Å². The van der Waals surface area contributed by atoms with Crippen molar-refractivity contribution in [2.45, 2.75) is 6.61 Å². The number of primary amides is 1. The lowest BCUT2D eigenvalue weighted by Gasteiger charge is -2.07. The molecule has 3 amide bonds. The third kappa shape index (κ3) is 6.15. The second kappa shape index (κ2) is 8.70. The van der Waals surface area contributed by atoms with Crippen molar-refractivity contribution < 1.29 is 23.9 Å². The molecule has 25 heavy (non-hydrogen) atoms. The highest BCUT2D eigenvalue weighted by atomic mass is 35.5. The molecule has 0 fully saturated rings. The number of carbonyl (C=O) groups is 3. The summed E-state index contributed by atoms with van der Waals surface area (Å²) in [5.41, 5.74) is 5.89. The van der Waals surface area contributed by atoms with Gasteiger partial charge in [0, 0.05) is 5.02 Å². The number of esters is 1. The van der Waals surface area contributed by atoms with Crippen LogP contribution in [0.3, 0.4) is 0 Å². The summed E-state index contributed by atoms with van der Waals surface area (Å²) in [4.78, 5) is 33.4. The molecule has 8 heteroatoms. The van der Waals surface area contributed by atoms with Crippen LogP contribution in [0.4, 0.5) is 4.79 Å². The molecule has 0 radical (unpaired) electrons. The van der Waals surface area contributed by atoms with Crippen molar-refractivity contribution in [2.75, 3.05) is 6.61 Å². The Labute approximate surface area is 148 Å². The fourth-order valence-electron chi connectivity index (χ4n) is 1.82. The van der Waals surface area contributed by atoms with Gasteiger partial charge in [-0.3, -0.25) is 10.1 Å². The maximum atomic E-state index is 11.8. The van der Waals surface area contributed by atoms with Gasteiger partial charge in [0.05, 0.1) is 5.56 Å². The first kappa shape index (κ1) is 18.3. The monoisotopic (exact) mass is 362 g/mol. The number of nitrogens with two attached hydrogens (primary N) is 1. The molecule has 7 nitrogen and oxygen atoms in total.